The van der Waals surface area contributed by atoms with Crippen LogP contribution >= 0.6 is 0 Å². The van der Waals surface area contributed by atoms with Crippen molar-refractivity contribution in [3.63, 3.8) is 0 Å². The lowest BCUT2D eigenvalue weighted by Crippen LogP contribution is -2.50. The van der Waals surface area contributed by atoms with Crippen LogP contribution in [0.1, 0.15) is 24.2 Å². The van der Waals surface area contributed by atoms with Gasteiger partial charge in [0, 0.05) is 24.7 Å². The third kappa shape index (κ3) is 2.72. The summed E-state index contributed by atoms with van der Waals surface area (Å²) in [6, 6.07) is 7.05. The summed E-state index contributed by atoms with van der Waals surface area (Å²) in [6.45, 7) is 2.96. The maximum atomic E-state index is 12.5. The zero-order valence-electron chi connectivity index (χ0n) is 13.0. The Balaban J connectivity index is 2.38. The van der Waals surface area contributed by atoms with Crippen molar-refractivity contribution in [2.75, 3.05) is 14.2 Å². The highest BCUT2D eigenvalue weighted by Crippen LogP contribution is 2.22. The molecule has 2 aromatic rings. The topological polar surface area (TPSA) is 79.7 Å². The molecule has 0 unspecified atom stereocenters. The third-order valence-corrected chi connectivity index (χ3v) is 3.80. The quantitative estimate of drug-likeness (QED) is 0.936. The van der Waals surface area contributed by atoms with E-state index in [1.54, 1.807) is 31.4 Å². The van der Waals surface area contributed by atoms with Gasteiger partial charge < -0.3 is 14.7 Å². The van der Waals surface area contributed by atoms with Gasteiger partial charge in [0.2, 0.25) is 0 Å². The van der Waals surface area contributed by atoms with Crippen molar-refractivity contribution in [3.05, 3.63) is 36.0 Å². The van der Waals surface area contributed by atoms with Crippen LogP contribution in [0.5, 0.6) is 5.75 Å². The van der Waals surface area contributed by atoms with E-state index in [0.717, 1.165) is 5.39 Å². The van der Waals surface area contributed by atoms with Crippen molar-refractivity contribution in [3.8, 4) is 5.75 Å². The Morgan fingerprint density at radius 3 is 2.55 bits per heavy atom. The van der Waals surface area contributed by atoms with E-state index in [4.69, 9.17) is 4.74 Å². The molecular weight excluding hydrogens is 284 g/mol. The number of rotatable bonds is 4. The first-order chi connectivity index (χ1) is 10.3. The zero-order valence-corrected chi connectivity index (χ0v) is 13.0. The average Bonchev–Trinajstić information content (AvgIpc) is 2.52. The number of nitrogens with zero attached hydrogens (tertiary/aromatic N) is 2. The molecule has 6 heteroatoms. The molecular formula is C16H18N2O4. The number of benzene rings is 1. The summed E-state index contributed by atoms with van der Waals surface area (Å²) in [7, 11) is 3.04. The predicted molar refractivity (Wildman–Crippen MR) is 82.1 cm³/mol. The number of hydrogen-bond donors (Lipinski definition) is 1. The molecule has 6 nitrogen and oxygen atoms in total. The summed E-state index contributed by atoms with van der Waals surface area (Å²) in [5.74, 6) is -0.775. The summed E-state index contributed by atoms with van der Waals surface area (Å²) >= 11 is 0. The summed E-state index contributed by atoms with van der Waals surface area (Å²) in [5, 5.41) is 10.00. The van der Waals surface area contributed by atoms with Crippen LogP contribution in [0.25, 0.3) is 10.9 Å². The monoisotopic (exact) mass is 302 g/mol. The normalized spacial score (nSPS) is 11.3. The number of aliphatic carboxylic acids is 1. The second kappa shape index (κ2) is 5.63. The molecule has 1 aromatic heterocycles. The van der Waals surface area contributed by atoms with E-state index in [9.17, 15) is 14.7 Å². The number of carboxylic acids is 1. The minimum atomic E-state index is -1.30. The van der Waals surface area contributed by atoms with E-state index in [-0.39, 0.29) is 0 Å². The van der Waals surface area contributed by atoms with E-state index >= 15 is 0 Å². The molecule has 0 fully saturated rings. The maximum absolute atomic E-state index is 12.5. The van der Waals surface area contributed by atoms with E-state index in [1.807, 2.05) is 0 Å². The van der Waals surface area contributed by atoms with Gasteiger partial charge in [0.05, 0.1) is 18.2 Å². The predicted octanol–water partition coefficient (Wildman–Crippen LogP) is 2.18. The lowest BCUT2D eigenvalue weighted by molar-refractivity contribution is -0.147. The maximum Gasteiger partial charge on any atom is 0.329 e. The van der Waals surface area contributed by atoms with Crippen LogP contribution in [-0.2, 0) is 4.79 Å². The molecule has 0 bridgehead atoms. The summed E-state index contributed by atoms with van der Waals surface area (Å²) in [6.07, 6.45) is 1.44. The SMILES string of the molecule is COc1ccc2cc(C(=O)N(C)C(C)(C)C(=O)O)cnc2c1. The highest BCUT2D eigenvalue weighted by atomic mass is 16.5. The van der Waals surface area contributed by atoms with Crippen molar-refractivity contribution in [2.45, 2.75) is 19.4 Å². The van der Waals surface area contributed by atoms with Crippen molar-refractivity contribution < 1.29 is 19.4 Å². The van der Waals surface area contributed by atoms with Crippen LogP contribution in [0.15, 0.2) is 30.5 Å². The summed E-state index contributed by atoms with van der Waals surface area (Å²) in [4.78, 5) is 29.2. The smallest absolute Gasteiger partial charge is 0.329 e. The van der Waals surface area contributed by atoms with Crippen LogP contribution in [0.4, 0.5) is 0 Å². The molecule has 22 heavy (non-hydrogen) atoms. The van der Waals surface area contributed by atoms with Crippen molar-refractivity contribution >= 4 is 22.8 Å². The Morgan fingerprint density at radius 2 is 1.95 bits per heavy atom. The number of likely N-dealkylation sites (N-methyl/N-ethyl adjacent to an activating group) is 1. The number of hydrogen-bond acceptors (Lipinski definition) is 4. The minimum absolute atomic E-state index is 0.342. The van der Waals surface area contributed by atoms with Crippen LogP contribution in [0.3, 0.4) is 0 Å². The lowest BCUT2D eigenvalue weighted by Gasteiger charge is -2.31. The molecule has 1 aromatic carbocycles. The van der Waals surface area contributed by atoms with Gasteiger partial charge in [0.1, 0.15) is 11.3 Å². The molecule has 0 spiro atoms. The molecule has 0 saturated carbocycles. The van der Waals surface area contributed by atoms with Gasteiger partial charge in [-0.3, -0.25) is 9.78 Å². The van der Waals surface area contributed by atoms with Crippen molar-refractivity contribution in [2.24, 2.45) is 0 Å². The number of pyridine rings is 1. The second-order valence-electron chi connectivity index (χ2n) is 5.51. The van der Waals surface area contributed by atoms with Gasteiger partial charge in [0.25, 0.3) is 5.91 Å². The van der Waals surface area contributed by atoms with Gasteiger partial charge in [-0.15, -0.1) is 0 Å². The third-order valence-electron chi connectivity index (χ3n) is 3.80. The summed E-state index contributed by atoms with van der Waals surface area (Å²) in [5.41, 5.74) is -0.253. The molecule has 1 N–H and O–H groups in total. The number of ether oxygens (including phenoxy) is 1. The largest absolute Gasteiger partial charge is 0.497 e. The number of carboxylic acid groups (broad SMARTS) is 1. The molecule has 0 aliphatic rings. The van der Waals surface area contributed by atoms with Crippen LogP contribution in [0.2, 0.25) is 0 Å². The lowest BCUT2D eigenvalue weighted by atomic mass is 10.0. The fraction of sp³-hybridized carbons (Fsp3) is 0.312. The van der Waals surface area contributed by atoms with Gasteiger partial charge in [-0.1, -0.05) is 0 Å². The standard InChI is InChI=1S/C16H18N2O4/c1-16(2,15(20)21)18(3)14(19)11-7-10-5-6-12(22-4)8-13(10)17-9-11/h5-9H,1-4H3,(H,20,21). The first-order valence-electron chi connectivity index (χ1n) is 6.72. The average molecular weight is 302 g/mol. The number of methoxy groups -OCH3 is 1. The van der Waals surface area contributed by atoms with Gasteiger partial charge in [-0.05, 0) is 32.0 Å². The minimum Gasteiger partial charge on any atom is -0.497 e. The van der Waals surface area contributed by atoms with Crippen molar-refractivity contribution in [1.82, 2.24) is 9.88 Å². The molecule has 1 amide bonds. The second-order valence-corrected chi connectivity index (χ2v) is 5.51. The Labute approximate surface area is 128 Å². The van der Waals surface area contributed by atoms with Crippen LogP contribution in [0, 0.1) is 0 Å². The molecule has 0 radical (unpaired) electrons. The van der Waals surface area contributed by atoms with Gasteiger partial charge >= 0.3 is 5.97 Å². The van der Waals surface area contributed by atoms with Crippen LogP contribution in [-0.4, -0.2) is 46.6 Å². The highest BCUT2D eigenvalue weighted by Gasteiger charge is 2.35. The van der Waals surface area contributed by atoms with E-state index < -0.39 is 17.4 Å². The molecule has 2 rings (SSSR count). The Kier molecular flexibility index (Phi) is 4.03. The van der Waals surface area contributed by atoms with E-state index in [1.165, 1.54) is 32.0 Å². The number of carbonyl (C=O) groups excluding carboxylic acids is 1. The number of carbonyl (C=O) groups is 2. The van der Waals surface area contributed by atoms with Crippen LogP contribution < -0.4 is 4.74 Å². The zero-order chi connectivity index (χ0) is 16.5. The van der Waals surface area contributed by atoms with Gasteiger partial charge in [-0.2, -0.15) is 0 Å². The fourth-order valence-electron chi connectivity index (χ4n) is 1.94. The molecule has 0 saturated heterocycles. The summed E-state index contributed by atoms with van der Waals surface area (Å²) < 4.78 is 5.13. The van der Waals surface area contributed by atoms with Gasteiger partial charge in [0.15, 0.2) is 0 Å². The molecule has 116 valence electrons. The number of aromatic nitrogens is 1. The van der Waals surface area contributed by atoms with Gasteiger partial charge in [-0.25, -0.2) is 4.79 Å². The molecule has 0 atom stereocenters. The number of fused-ring (bicyclic) bond motifs is 1. The highest BCUT2D eigenvalue weighted by molar-refractivity contribution is 5.99. The molecule has 1 heterocycles. The Morgan fingerprint density at radius 1 is 1.27 bits per heavy atom. The Bertz CT molecular complexity index is 740. The molecule has 0 aliphatic carbocycles. The van der Waals surface area contributed by atoms with E-state index in [0.29, 0.717) is 16.8 Å². The first-order valence-corrected chi connectivity index (χ1v) is 6.72. The van der Waals surface area contributed by atoms with Crippen molar-refractivity contribution in [1.29, 1.82) is 0 Å². The first kappa shape index (κ1) is 15.8. The molecule has 0 aliphatic heterocycles. The number of amides is 1. The Hall–Kier alpha value is -2.63. The fourth-order valence-corrected chi connectivity index (χ4v) is 1.94. The van der Waals surface area contributed by atoms with E-state index in [2.05, 4.69) is 4.98 Å².